The SMILES string of the molecule is CN1CCc2nc3c(O)cccc3c(C(=O)O)c2C1. The largest absolute Gasteiger partial charge is 0.506 e. The number of nitrogens with zero attached hydrogens (tertiary/aromatic N) is 2. The number of pyridine rings is 1. The number of rotatable bonds is 1. The van der Waals surface area contributed by atoms with Crippen molar-refractivity contribution >= 4 is 16.9 Å². The first-order valence-electron chi connectivity index (χ1n) is 6.13. The van der Waals surface area contributed by atoms with E-state index in [-0.39, 0.29) is 11.3 Å². The first-order valence-corrected chi connectivity index (χ1v) is 6.13. The Labute approximate surface area is 110 Å². The molecule has 98 valence electrons. The molecule has 1 aromatic carbocycles. The number of aromatic nitrogens is 1. The van der Waals surface area contributed by atoms with Crippen LogP contribution in [0, 0.1) is 0 Å². The number of para-hydroxylation sites is 1. The van der Waals surface area contributed by atoms with Crippen molar-refractivity contribution in [2.45, 2.75) is 13.0 Å². The van der Waals surface area contributed by atoms with Crippen molar-refractivity contribution < 1.29 is 15.0 Å². The highest BCUT2D eigenvalue weighted by Gasteiger charge is 2.24. The second-order valence-electron chi connectivity index (χ2n) is 4.88. The van der Waals surface area contributed by atoms with Gasteiger partial charge in [0.1, 0.15) is 11.3 Å². The minimum absolute atomic E-state index is 0.0294. The van der Waals surface area contributed by atoms with Crippen LogP contribution in [0.2, 0.25) is 0 Å². The first kappa shape index (κ1) is 11.9. The average Bonchev–Trinajstić information content (AvgIpc) is 2.36. The number of carboxylic acid groups (broad SMARTS) is 1. The van der Waals surface area contributed by atoms with Gasteiger partial charge in [-0.1, -0.05) is 12.1 Å². The number of fused-ring (bicyclic) bond motifs is 2. The van der Waals surface area contributed by atoms with Crippen LogP contribution in [0.1, 0.15) is 21.6 Å². The van der Waals surface area contributed by atoms with Crippen molar-refractivity contribution in [2.75, 3.05) is 13.6 Å². The van der Waals surface area contributed by atoms with Crippen LogP contribution in [0.15, 0.2) is 18.2 Å². The van der Waals surface area contributed by atoms with E-state index < -0.39 is 5.97 Å². The van der Waals surface area contributed by atoms with Gasteiger partial charge in [0, 0.05) is 36.2 Å². The lowest BCUT2D eigenvalue weighted by atomic mass is 9.96. The fourth-order valence-corrected chi connectivity index (χ4v) is 2.63. The van der Waals surface area contributed by atoms with Crippen LogP contribution in [0.4, 0.5) is 0 Å². The molecule has 1 aromatic heterocycles. The smallest absolute Gasteiger partial charge is 0.336 e. The Balaban J connectivity index is 2.40. The van der Waals surface area contributed by atoms with Gasteiger partial charge in [0.05, 0.1) is 5.56 Å². The number of carbonyl (C=O) groups is 1. The van der Waals surface area contributed by atoms with E-state index in [1.807, 2.05) is 7.05 Å². The van der Waals surface area contributed by atoms with Gasteiger partial charge >= 0.3 is 5.97 Å². The normalized spacial score (nSPS) is 15.4. The summed E-state index contributed by atoms with van der Waals surface area (Å²) >= 11 is 0. The van der Waals surface area contributed by atoms with E-state index in [0.29, 0.717) is 23.9 Å². The molecule has 0 spiro atoms. The van der Waals surface area contributed by atoms with E-state index >= 15 is 0 Å². The maximum Gasteiger partial charge on any atom is 0.336 e. The lowest BCUT2D eigenvalue weighted by Gasteiger charge is -2.26. The van der Waals surface area contributed by atoms with Crippen LogP contribution < -0.4 is 0 Å². The lowest BCUT2D eigenvalue weighted by molar-refractivity contribution is 0.0696. The summed E-state index contributed by atoms with van der Waals surface area (Å²) < 4.78 is 0. The number of carboxylic acids is 1. The zero-order chi connectivity index (χ0) is 13.6. The third kappa shape index (κ3) is 1.82. The number of aromatic carboxylic acids is 1. The maximum absolute atomic E-state index is 11.6. The highest BCUT2D eigenvalue weighted by molar-refractivity contribution is 6.05. The third-order valence-electron chi connectivity index (χ3n) is 3.55. The summed E-state index contributed by atoms with van der Waals surface area (Å²) in [5.41, 5.74) is 2.19. The summed E-state index contributed by atoms with van der Waals surface area (Å²) in [6, 6.07) is 4.87. The van der Waals surface area contributed by atoms with Crippen molar-refractivity contribution in [1.82, 2.24) is 9.88 Å². The van der Waals surface area contributed by atoms with Gasteiger partial charge in [0.2, 0.25) is 0 Å². The van der Waals surface area contributed by atoms with Crippen LogP contribution in [0.3, 0.4) is 0 Å². The number of phenols is 1. The topological polar surface area (TPSA) is 73.7 Å². The monoisotopic (exact) mass is 258 g/mol. The van der Waals surface area contributed by atoms with Crippen LogP contribution in [0.5, 0.6) is 5.75 Å². The standard InChI is InChI=1S/C14H14N2O3/c1-16-6-5-10-9(7-16)12(14(18)19)8-3-2-4-11(17)13(8)15-10/h2-4,17H,5-7H2,1H3,(H,18,19). The Morgan fingerprint density at radius 3 is 2.95 bits per heavy atom. The summed E-state index contributed by atoms with van der Waals surface area (Å²) in [5, 5.41) is 19.9. The van der Waals surface area contributed by atoms with Gasteiger partial charge in [-0.2, -0.15) is 0 Å². The molecule has 0 amide bonds. The molecule has 0 fully saturated rings. The molecule has 0 saturated heterocycles. The van der Waals surface area contributed by atoms with E-state index in [1.54, 1.807) is 12.1 Å². The van der Waals surface area contributed by atoms with E-state index in [2.05, 4.69) is 9.88 Å². The molecule has 2 aromatic rings. The number of hydrogen-bond donors (Lipinski definition) is 2. The van der Waals surface area contributed by atoms with Crippen molar-refractivity contribution in [2.24, 2.45) is 0 Å². The second-order valence-corrected chi connectivity index (χ2v) is 4.88. The number of phenolic OH excluding ortho intramolecular Hbond substituents is 1. The number of hydrogen-bond acceptors (Lipinski definition) is 4. The Morgan fingerprint density at radius 2 is 2.21 bits per heavy atom. The number of likely N-dealkylation sites (N-methyl/N-ethyl adjacent to an activating group) is 1. The predicted octanol–water partition coefficient (Wildman–Crippen LogP) is 1.63. The zero-order valence-corrected chi connectivity index (χ0v) is 10.6. The molecule has 5 heteroatoms. The van der Waals surface area contributed by atoms with Gasteiger partial charge in [-0.05, 0) is 13.1 Å². The molecule has 2 N–H and O–H groups in total. The molecular weight excluding hydrogens is 244 g/mol. The Kier molecular flexibility index (Phi) is 2.64. The highest BCUT2D eigenvalue weighted by atomic mass is 16.4. The van der Waals surface area contributed by atoms with E-state index in [1.165, 1.54) is 6.07 Å². The van der Waals surface area contributed by atoms with Gasteiger partial charge in [-0.25, -0.2) is 9.78 Å². The molecule has 19 heavy (non-hydrogen) atoms. The summed E-state index contributed by atoms with van der Waals surface area (Å²) in [6.07, 6.45) is 0.705. The molecule has 1 aliphatic rings. The van der Waals surface area contributed by atoms with Crippen molar-refractivity contribution in [3.05, 3.63) is 35.0 Å². The molecule has 3 rings (SSSR count). The zero-order valence-electron chi connectivity index (χ0n) is 10.6. The molecule has 0 radical (unpaired) electrons. The van der Waals surface area contributed by atoms with E-state index in [4.69, 9.17) is 0 Å². The summed E-state index contributed by atoms with van der Waals surface area (Å²) in [7, 11) is 1.96. The molecule has 0 bridgehead atoms. The van der Waals surface area contributed by atoms with Gasteiger partial charge in [-0.15, -0.1) is 0 Å². The van der Waals surface area contributed by atoms with Crippen molar-refractivity contribution in [3.63, 3.8) is 0 Å². The van der Waals surface area contributed by atoms with Crippen LogP contribution in [0.25, 0.3) is 10.9 Å². The van der Waals surface area contributed by atoms with E-state index in [9.17, 15) is 15.0 Å². The fourth-order valence-electron chi connectivity index (χ4n) is 2.63. The Hall–Kier alpha value is -2.14. The molecule has 0 aliphatic carbocycles. The van der Waals surface area contributed by atoms with Gasteiger partial charge in [-0.3, -0.25) is 0 Å². The minimum atomic E-state index is -0.968. The second kappa shape index (κ2) is 4.20. The van der Waals surface area contributed by atoms with E-state index in [0.717, 1.165) is 17.8 Å². The Bertz CT molecular complexity index is 682. The van der Waals surface area contributed by atoms with Gasteiger partial charge < -0.3 is 15.1 Å². The molecule has 2 heterocycles. The molecule has 5 nitrogen and oxygen atoms in total. The molecule has 0 unspecified atom stereocenters. The van der Waals surface area contributed by atoms with Crippen LogP contribution in [-0.4, -0.2) is 39.7 Å². The highest BCUT2D eigenvalue weighted by Crippen LogP contribution is 2.31. The summed E-state index contributed by atoms with van der Waals surface area (Å²) in [5.74, 6) is -0.939. The molecule has 0 saturated carbocycles. The number of aromatic hydroxyl groups is 1. The van der Waals surface area contributed by atoms with Crippen LogP contribution >= 0.6 is 0 Å². The Morgan fingerprint density at radius 1 is 1.42 bits per heavy atom. The average molecular weight is 258 g/mol. The maximum atomic E-state index is 11.6. The predicted molar refractivity (Wildman–Crippen MR) is 70.4 cm³/mol. The van der Waals surface area contributed by atoms with Gasteiger partial charge in [0.25, 0.3) is 0 Å². The van der Waals surface area contributed by atoms with Crippen LogP contribution in [-0.2, 0) is 13.0 Å². The summed E-state index contributed by atoms with van der Waals surface area (Å²) in [6.45, 7) is 1.42. The first-order chi connectivity index (χ1) is 9.08. The fraction of sp³-hybridized carbons (Fsp3) is 0.286. The molecular formula is C14H14N2O3. The third-order valence-corrected chi connectivity index (χ3v) is 3.55. The molecule has 0 atom stereocenters. The van der Waals surface area contributed by atoms with Gasteiger partial charge in [0.15, 0.2) is 0 Å². The lowest BCUT2D eigenvalue weighted by Crippen LogP contribution is -2.29. The number of benzene rings is 1. The van der Waals surface area contributed by atoms with Crippen molar-refractivity contribution in [1.29, 1.82) is 0 Å². The molecule has 1 aliphatic heterocycles. The van der Waals surface area contributed by atoms with Crippen molar-refractivity contribution in [3.8, 4) is 5.75 Å². The minimum Gasteiger partial charge on any atom is -0.506 e. The summed E-state index contributed by atoms with van der Waals surface area (Å²) in [4.78, 5) is 18.1. The quantitative estimate of drug-likeness (QED) is 0.813.